The van der Waals surface area contributed by atoms with Crippen molar-refractivity contribution in [2.45, 2.75) is 70.8 Å². The van der Waals surface area contributed by atoms with Crippen molar-refractivity contribution in [2.24, 2.45) is 5.92 Å². The number of ether oxygens (including phenoxy) is 1. The molecule has 2 amide bonds. The highest BCUT2D eigenvalue weighted by Gasteiger charge is 2.36. The van der Waals surface area contributed by atoms with E-state index in [0.29, 0.717) is 29.5 Å². The average molecular weight is 671 g/mol. The molecule has 11 nitrogen and oxygen atoms in total. The predicted octanol–water partition coefficient (Wildman–Crippen LogP) is 5.94. The number of amides is 2. The van der Waals surface area contributed by atoms with Crippen LogP contribution in [0.4, 0.5) is 28.0 Å². The molecule has 0 radical (unpaired) electrons. The van der Waals surface area contributed by atoms with Crippen molar-refractivity contribution >= 4 is 17.7 Å². The minimum absolute atomic E-state index is 0.0554. The van der Waals surface area contributed by atoms with Gasteiger partial charge in [0.1, 0.15) is 18.1 Å². The Hall–Kier alpha value is -5.21. The van der Waals surface area contributed by atoms with E-state index in [-0.39, 0.29) is 18.0 Å². The highest BCUT2D eigenvalue weighted by Crippen LogP contribution is 2.37. The third-order valence-corrected chi connectivity index (χ3v) is 7.59. The summed E-state index contributed by atoms with van der Waals surface area (Å²) in [6.07, 6.45) is -0.919. The fourth-order valence-corrected chi connectivity index (χ4v) is 5.12. The van der Waals surface area contributed by atoms with E-state index in [1.54, 1.807) is 26.8 Å². The average Bonchev–Trinajstić information content (AvgIpc) is 3.71. The predicted molar refractivity (Wildman–Crippen MR) is 167 cm³/mol. The summed E-state index contributed by atoms with van der Waals surface area (Å²) in [5.74, 6) is -1.47. The molecule has 0 bridgehead atoms. The van der Waals surface area contributed by atoms with Gasteiger partial charge >= 0.3 is 18.0 Å². The van der Waals surface area contributed by atoms with Crippen LogP contribution < -0.4 is 21.9 Å². The first-order valence-electron chi connectivity index (χ1n) is 15.2. The van der Waals surface area contributed by atoms with E-state index in [1.807, 2.05) is 0 Å². The molecule has 0 saturated heterocycles. The zero-order chi connectivity index (χ0) is 34.8. The number of hydrogen-bond acceptors (Lipinski definition) is 6. The monoisotopic (exact) mass is 670 g/mol. The maximum Gasteiger partial charge on any atom is 0.435 e. The molecule has 1 aliphatic carbocycles. The number of rotatable bonds is 10. The Bertz CT molecular complexity index is 1940. The molecular formula is C33H34F4N6O5. The molecule has 2 aromatic carbocycles. The van der Waals surface area contributed by atoms with Gasteiger partial charge in [-0.3, -0.25) is 19.1 Å². The van der Waals surface area contributed by atoms with Crippen molar-refractivity contribution in [2.75, 3.05) is 5.32 Å². The maximum absolute atomic E-state index is 15.1. The van der Waals surface area contributed by atoms with Crippen LogP contribution in [0.15, 0.2) is 70.4 Å². The lowest BCUT2D eigenvalue weighted by atomic mass is 9.99. The minimum atomic E-state index is -4.91. The van der Waals surface area contributed by atoms with Crippen LogP contribution in [-0.4, -0.2) is 36.9 Å². The first-order valence-corrected chi connectivity index (χ1v) is 15.2. The Balaban J connectivity index is 1.45. The molecule has 3 N–H and O–H groups in total. The summed E-state index contributed by atoms with van der Waals surface area (Å²) in [6, 6.07) is 10.9. The molecule has 5 rings (SSSR count). The number of alkyl carbamates (subject to hydrolysis) is 1. The van der Waals surface area contributed by atoms with Crippen LogP contribution in [0.2, 0.25) is 0 Å². The van der Waals surface area contributed by atoms with Crippen LogP contribution in [0, 0.1) is 11.7 Å². The second kappa shape index (κ2) is 13.5. The van der Waals surface area contributed by atoms with Crippen molar-refractivity contribution in [3.8, 4) is 5.69 Å². The highest BCUT2D eigenvalue weighted by atomic mass is 19.4. The molecule has 1 fully saturated rings. The first-order chi connectivity index (χ1) is 22.6. The molecular weight excluding hydrogens is 636 g/mol. The molecule has 48 heavy (non-hydrogen) atoms. The quantitative estimate of drug-likeness (QED) is 0.179. The minimum Gasteiger partial charge on any atom is -0.445 e. The number of halogens is 4. The van der Waals surface area contributed by atoms with Crippen LogP contribution in [0.5, 0.6) is 0 Å². The van der Waals surface area contributed by atoms with E-state index in [2.05, 4.69) is 20.7 Å². The van der Waals surface area contributed by atoms with Crippen LogP contribution in [0.3, 0.4) is 0 Å². The second-order valence-electron chi connectivity index (χ2n) is 12.7. The lowest BCUT2D eigenvalue weighted by Gasteiger charge is -2.21. The summed E-state index contributed by atoms with van der Waals surface area (Å²) >= 11 is 0. The number of aromatic nitrogens is 4. The zero-order valence-corrected chi connectivity index (χ0v) is 26.4. The van der Waals surface area contributed by atoms with Crippen molar-refractivity contribution < 1.29 is 31.9 Å². The molecule has 1 atom stereocenters. The van der Waals surface area contributed by atoms with Gasteiger partial charge in [0.25, 0.3) is 11.5 Å². The zero-order valence-electron chi connectivity index (χ0n) is 26.4. The molecule has 1 aliphatic rings. The number of nitrogens with zero attached hydrogens (tertiary/aromatic N) is 3. The highest BCUT2D eigenvalue weighted by molar-refractivity contribution is 6.03. The molecule has 1 unspecified atom stereocenters. The smallest absolute Gasteiger partial charge is 0.435 e. The normalized spacial score (nSPS) is 14.0. The third-order valence-electron chi connectivity index (χ3n) is 7.59. The van der Waals surface area contributed by atoms with Crippen LogP contribution in [0.1, 0.15) is 79.8 Å². The summed E-state index contributed by atoms with van der Waals surface area (Å²) in [4.78, 5) is 52.2. The molecule has 2 aromatic heterocycles. The number of H-pyrrole nitrogens is 1. The lowest BCUT2D eigenvalue weighted by Crippen LogP contribution is -2.40. The van der Waals surface area contributed by atoms with Crippen LogP contribution >= 0.6 is 0 Å². The van der Waals surface area contributed by atoms with Gasteiger partial charge in [0.2, 0.25) is 0 Å². The van der Waals surface area contributed by atoms with E-state index in [1.165, 1.54) is 47.2 Å². The van der Waals surface area contributed by atoms with E-state index in [9.17, 15) is 32.3 Å². The number of nitrogens with one attached hydrogen (secondary N) is 3. The van der Waals surface area contributed by atoms with Gasteiger partial charge in [-0.15, -0.1) is 0 Å². The van der Waals surface area contributed by atoms with Gasteiger partial charge in [-0.2, -0.15) is 18.3 Å². The van der Waals surface area contributed by atoms with Gasteiger partial charge in [-0.1, -0.05) is 31.0 Å². The Morgan fingerprint density at radius 1 is 1.06 bits per heavy atom. The van der Waals surface area contributed by atoms with Crippen molar-refractivity contribution in [3.05, 3.63) is 110 Å². The van der Waals surface area contributed by atoms with Gasteiger partial charge in [0.15, 0.2) is 5.69 Å². The number of benzene rings is 2. The molecule has 1 saturated carbocycles. The standard InChI is InChI=1S/C33H34F4N6O5/c1-32(2,3)40-31(47)48-18-20-5-4-6-22(15-20)43-26(17-27(41-43)33(35,36)37)29(45)38-24-16-21(10-11-23(24)34)25(12-9-19-7-8-19)42-14-13-28(44)39-30(42)46/h4-6,10-11,13-17,19,25H,7-9,12,18H2,1-3H3,(H,38,45)(H,40,47)(H,39,44,46). The molecule has 0 aliphatic heterocycles. The maximum atomic E-state index is 15.1. The van der Waals surface area contributed by atoms with E-state index in [4.69, 9.17) is 4.74 Å². The van der Waals surface area contributed by atoms with Gasteiger partial charge in [-0.05, 0) is 74.9 Å². The topological polar surface area (TPSA) is 140 Å². The summed E-state index contributed by atoms with van der Waals surface area (Å²) in [7, 11) is 0. The Morgan fingerprint density at radius 2 is 1.81 bits per heavy atom. The fourth-order valence-electron chi connectivity index (χ4n) is 5.12. The Labute approximate surface area is 271 Å². The largest absolute Gasteiger partial charge is 0.445 e. The number of alkyl halides is 3. The summed E-state index contributed by atoms with van der Waals surface area (Å²) < 4.78 is 63.8. The number of hydrogen-bond donors (Lipinski definition) is 3. The van der Waals surface area contributed by atoms with Crippen molar-refractivity contribution in [1.29, 1.82) is 0 Å². The van der Waals surface area contributed by atoms with E-state index >= 15 is 4.39 Å². The van der Waals surface area contributed by atoms with Crippen molar-refractivity contribution in [1.82, 2.24) is 24.6 Å². The van der Waals surface area contributed by atoms with Gasteiger partial charge < -0.3 is 15.4 Å². The number of carbonyl (C=O) groups excluding carboxylic acids is 2. The second-order valence-corrected chi connectivity index (χ2v) is 12.7. The summed E-state index contributed by atoms with van der Waals surface area (Å²) in [5, 5.41) is 8.61. The molecule has 2 heterocycles. The number of carbonyl (C=O) groups is 2. The van der Waals surface area contributed by atoms with Gasteiger partial charge in [-0.25, -0.2) is 18.7 Å². The molecule has 254 valence electrons. The first kappa shape index (κ1) is 34.1. The van der Waals surface area contributed by atoms with Crippen LogP contribution in [-0.2, 0) is 17.5 Å². The molecule has 0 spiro atoms. The SMILES string of the molecule is CC(C)(C)NC(=O)OCc1cccc(-n2nc(C(F)(F)F)cc2C(=O)Nc2cc(C(CCC3CC3)n3ccc(=O)[nH]c3=O)ccc2F)c1. The summed E-state index contributed by atoms with van der Waals surface area (Å²) in [6.45, 7) is 5.07. The number of anilines is 1. The van der Waals surface area contributed by atoms with E-state index in [0.717, 1.165) is 30.0 Å². The lowest BCUT2D eigenvalue weighted by molar-refractivity contribution is -0.141. The molecule has 15 heteroatoms. The van der Waals surface area contributed by atoms with Crippen LogP contribution in [0.25, 0.3) is 5.69 Å². The number of aromatic amines is 1. The Morgan fingerprint density at radius 3 is 2.48 bits per heavy atom. The summed E-state index contributed by atoms with van der Waals surface area (Å²) in [5.41, 5.74) is -3.13. The van der Waals surface area contributed by atoms with Gasteiger partial charge in [0.05, 0.1) is 17.4 Å². The third kappa shape index (κ3) is 8.57. The fraction of sp³-hybridized carbons (Fsp3) is 0.364. The van der Waals surface area contributed by atoms with E-state index < -0.39 is 58.2 Å². The van der Waals surface area contributed by atoms with Crippen molar-refractivity contribution in [3.63, 3.8) is 0 Å². The van der Waals surface area contributed by atoms with Gasteiger partial charge in [0, 0.05) is 23.9 Å². The molecule has 4 aromatic rings. The Kier molecular flexibility index (Phi) is 9.59.